The third-order valence-corrected chi connectivity index (χ3v) is 5.15. The number of nitrogens with zero attached hydrogens (tertiary/aromatic N) is 6. The second-order valence-electron chi connectivity index (χ2n) is 7.31. The zero-order valence-corrected chi connectivity index (χ0v) is 17.0. The van der Waals surface area contributed by atoms with Crippen LogP contribution in [0.5, 0.6) is 5.75 Å². The zero-order valence-electron chi connectivity index (χ0n) is 17.0. The number of aromatic nitrogens is 4. The Hall–Kier alpha value is -3.00. The molecule has 0 atom stereocenters. The van der Waals surface area contributed by atoms with E-state index < -0.39 is 0 Å². The van der Waals surface area contributed by atoms with Gasteiger partial charge in [0.25, 0.3) is 0 Å². The highest BCUT2D eigenvalue weighted by Crippen LogP contribution is 2.20. The summed E-state index contributed by atoms with van der Waals surface area (Å²) in [5, 5.41) is 4.49. The van der Waals surface area contributed by atoms with Gasteiger partial charge in [0.15, 0.2) is 17.4 Å². The Bertz CT molecular complexity index is 997. The Morgan fingerprint density at radius 1 is 1.03 bits per heavy atom. The highest BCUT2D eigenvalue weighted by atomic mass is 19.1. The standard InChI is InChI=1S/C21H25FN6O/c1-15-10-16(2)28(25-15)21-13-23-12-20(24-21)27-8-6-26(7-9-27)14-17-4-5-19(29-3)18(22)11-17/h4-5,10-13H,6-9,14H2,1-3H3. The van der Waals surface area contributed by atoms with Gasteiger partial charge < -0.3 is 9.64 Å². The Morgan fingerprint density at radius 2 is 1.79 bits per heavy atom. The minimum absolute atomic E-state index is 0.277. The number of ether oxygens (including phenoxy) is 1. The van der Waals surface area contributed by atoms with Crippen molar-refractivity contribution in [1.82, 2.24) is 24.6 Å². The highest BCUT2D eigenvalue weighted by Gasteiger charge is 2.19. The molecule has 7 nitrogen and oxygen atoms in total. The van der Waals surface area contributed by atoms with E-state index in [0.29, 0.717) is 6.54 Å². The van der Waals surface area contributed by atoms with Gasteiger partial charge in [0.2, 0.25) is 0 Å². The number of halogens is 1. The van der Waals surface area contributed by atoms with Crippen LogP contribution in [0.1, 0.15) is 17.0 Å². The Kier molecular flexibility index (Phi) is 5.44. The van der Waals surface area contributed by atoms with Crippen molar-refractivity contribution < 1.29 is 9.13 Å². The van der Waals surface area contributed by atoms with E-state index in [-0.39, 0.29) is 11.6 Å². The van der Waals surface area contributed by atoms with E-state index in [4.69, 9.17) is 9.72 Å². The largest absolute Gasteiger partial charge is 0.494 e. The predicted octanol–water partition coefficient (Wildman–Crippen LogP) is 2.75. The molecule has 1 aliphatic heterocycles. The molecule has 0 N–H and O–H groups in total. The van der Waals surface area contributed by atoms with Crippen molar-refractivity contribution in [2.75, 3.05) is 38.2 Å². The van der Waals surface area contributed by atoms with Gasteiger partial charge in [-0.15, -0.1) is 0 Å². The van der Waals surface area contributed by atoms with Gasteiger partial charge in [-0.25, -0.2) is 14.1 Å². The molecule has 1 aromatic carbocycles. The second kappa shape index (κ2) is 8.16. The molecule has 1 aliphatic rings. The van der Waals surface area contributed by atoms with E-state index in [1.54, 1.807) is 24.5 Å². The van der Waals surface area contributed by atoms with Crippen LogP contribution in [0.25, 0.3) is 5.82 Å². The molecule has 0 unspecified atom stereocenters. The van der Waals surface area contributed by atoms with Crippen molar-refractivity contribution in [1.29, 1.82) is 0 Å². The molecular formula is C21H25FN6O. The van der Waals surface area contributed by atoms with Crippen LogP contribution < -0.4 is 9.64 Å². The first-order valence-corrected chi connectivity index (χ1v) is 9.69. The highest BCUT2D eigenvalue weighted by molar-refractivity contribution is 5.40. The fourth-order valence-corrected chi connectivity index (χ4v) is 3.66. The maximum atomic E-state index is 13.9. The van der Waals surface area contributed by atoms with E-state index in [0.717, 1.165) is 54.8 Å². The molecule has 1 fully saturated rings. The van der Waals surface area contributed by atoms with E-state index in [1.807, 2.05) is 30.7 Å². The number of piperazine rings is 1. The van der Waals surface area contributed by atoms with Gasteiger partial charge >= 0.3 is 0 Å². The summed E-state index contributed by atoms with van der Waals surface area (Å²) in [7, 11) is 1.48. The quantitative estimate of drug-likeness (QED) is 0.661. The minimum atomic E-state index is -0.320. The Balaban J connectivity index is 1.40. The fourth-order valence-electron chi connectivity index (χ4n) is 3.66. The molecule has 0 saturated carbocycles. The zero-order chi connectivity index (χ0) is 20.4. The first kappa shape index (κ1) is 19.3. The number of aryl methyl sites for hydroxylation is 2. The van der Waals surface area contributed by atoms with Gasteiger partial charge in [0.1, 0.15) is 5.82 Å². The van der Waals surface area contributed by atoms with Crippen LogP contribution in [0.2, 0.25) is 0 Å². The topological polar surface area (TPSA) is 59.3 Å². The van der Waals surface area contributed by atoms with E-state index >= 15 is 0 Å². The fraction of sp³-hybridized carbons (Fsp3) is 0.381. The molecule has 3 heterocycles. The summed E-state index contributed by atoms with van der Waals surface area (Å²) in [5.41, 5.74) is 2.94. The van der Waals surface area contributed by atoms with Gasteiger partial charge in [-0.05, 0) is 37.6 Å². The average molecular weight is 396 g/mol. The summed E-state index contributed by atoms with van der Waals surface area (Å²) >= 11 is 0. The van der Waals surface area contributed by atoms with Crippen molar-refractivity contribution in [3.05, 3.63) is 59.4 Å². The molecule has 152 valence electrons. The lowest BCUT2D eigenvalue weighted by Crippen LogP contribution is -2.46. The predicted molar refractivity (Wildman–Crippen MR) is 109 cm³/mol. The second-order valence-corrected chi connectivity index (χ2v) is 7.31. The summed E-state index contributed by atoms with van der Waals surface area (Å²) in [5.74, 6) is 1.54. The normalized spacial score (nSPS) is 15.0. The van der Waals surface area contributed by atoms with Crippen molar-refractivity contribution in [3.8, 4) is 11.6 Å². The lowest BCUT2D eigenvalue weighted by Gasteiger charge is -2.35. The summed E-state index contributed by atoms with van der Waals surface area (Å²) in [6.07, 6.45) is 3.53. The maximum Gasteiger partial charge on any atom is 0.174 e. The van der Waals surface area contributed by atoms with Gasteiger partial charge in [-0.3, -0.25) is 9.88 Å². The molecule has 29 heavy (non-hydrogen) atoms. The van der Waals surface area contributed by atoms with Crippen LogP contribution in [0.3, 0.4) is 0 Å². The molecule has 4 rings (SSSR count). The van der Waals surface area contributed by atoms with Crippen molar-refractivity contribution in [3.63, 3.8) is 0 Å². The molecule has 0 bridgehead atoms. The molecule has 8 heteroatoms. The van der Waals surface area contributed by atoms with E-state index in [9.17, 15) is 4.39 Å². The van der Waals surface area contributed by atoms with Crippen LogP contribution in [-0.4, -0.2) is 57.9 Å². The van der Waals surface area contributed by atoms with Crippen LogP contribution in [0.15, 0.2) is 36.7 Å². The van der Waals surface area contributed by atoms with Crippen LogP contribution in [0, 0.1) is 19.7 Å². The van der Waals surface area contributed by atoms with Gasteiger partial charge in [-0.1, -0.05) is 6.07 Å². The van der Waals surface area contributed by atoms with E-state index in [1.165, 1.54) is 7.11 Å². The van der Waals surface area contributed by atoms with Gasteiger partial charge in [0.05, 0.1) is 25.2 Å². The molecular weight excluding hydrogens is 371 g/mol. The van der Waals surface area contributed by atoms with E-state index in [2.05, 4.69) is 19.9 Å². The Labute approximate surface area is 169 Å². The molecule has 0 radical (unpaired) electrons. The molecule has 3 aromatic rings. The summed E-state index contributed by atoms with van der Waals surface area (Å²) in [4.78, 5) is 13.7. The summed E-state index contributed by atoms with van der Waals surface area (Å²) in [6, 6.07) is 7.17. The first-order valence-electron chi connectivity index (χ1n) is 9.69. The third-order valence-electron chi connectivity index (χ3n) is 5.15. The molecule has 0 aliphatic carbocycles. The lowest BCUT2D eigenvalue weighted by atomic mass is 10.2. The number of benzene rings is 1. The first-order chi connectivity index (χ1) is 14.0. The molecule has 1 saturated heterocycles. The number of methoxy groups -OCH3 is 1. The van der Waals surface area contributed by atoms with Gasteiger partial charge in [0, 0.05) is 38.4 Å². The SMILES string of the molecule is COc1ccc(CN2CCN(c3cncc(-n4nc(C)cc4C)n3)CC2)cc1F. The van der Waals surface area contributed by atoms with Crippen molar-refractivity contribution in [2.24, 2.45) is 0 Å². The smallest absolute Gasteiger partial charge is 0.174 e. The van der Waals surface area contributed by atoms with Crippen LogP contribution in [0.4, 0.5) is 10.2 Å². The number of anilines is 1. The third kappa shape index (κ3) is 4.22. The van der Waals surface area contributed by atoms with Crippen LogP contribution in [-0.2, 0) is 6.54 Å². The molecule has 0 amide bonds. The number of hydrogen-bond donors (Lipinski definition) is 0. The average Bonchev–Trinajstić information content (AvgIpc) is 3.07. The van der Waals surface area contributed by atoms with Crippen LogP contribution >= 0.6 is 0 Å². The summed E-state index contributed by atoms with van der Waals surface area (Å²) in [6.45, 7) is 8.12. The maximum absolute atomic E-state index is 13.9. The lowest BCUT2D eigenvalue weighted by molar-refractivity contribution is 0.248. The van der Waals surface area contributed by atoms with Crippen molar-refractivity contribution >= 4 is 5.82 Å². The van der Waals surface area contributed by atoms with Crippen molar-refractivity contribution in [2.45, 2.75) is 20.4 Å². The Morgan fingerprint density at radius 3 is 2.45 bits per heavy atom. The van der Waals surface area contributed by atoms with Gasteiger partial charge in [-0.2, -0.15) is 5.10 Å². The molecule has 0 spiro atoms. The monoisotopic (exact) mass is 396 g/mol. The number of rotatable bonds is 5. The summed E-state index contributed by atoms with van der Waals surface area (Å²) < 4.78 is 20.7. The number of hydrogen-bond acceptors (Lipinski definition) is 6. The molecule has 2 aromatic heterocycles. The minimum Gasteiger partial charge on any atom is -0.494 e.